The molecule has 0 fully saturated rings. The molecular formula is C20H16N6OS. The van der Waals surface area contributed by atoms with Crippen molar-refractivity contribution in [3.8, 4) is 0 Å². The standard InChI is InChI=1S/C20H16N6OS/c27-17(14-3-1-2-6-21-14)19-23-9-10-26(19)12-13-4-5-16-15(11-13)25-18-20(28-16)24-8-7-22-18/h1-11,17,27H,12H2,(H,22,25). The molecule has 0 saturated carbocycles. The second-order valence-corrected chi connectivity index (χ2v) is 7.37. The van der Waals surface area contributed by atoms with Crippen molar-refractivity contribution in [1.29, 1.82) is 0 Å². The fourth-order valence-electron chi connectivity index (χ4n) is 3.15. The van der Waals surface area contributed by atoms with Crippen molar-refractivity contribution in [2.24, 2.45) is 0 Å². The van der Waals surface area contributed by atoms with Crippen LogP contribution < -0.4 is 5.32 Å². The van der Waals surface area contributed by atoms with Gasteiger partial charge >= 0.3 is 0 Å². The lowest BCUT2D eigenvalue weighted by Gasteiger charge is -2.20. The minimum atomic E-state index is -0.871. The Bertz CT molecular complexity index is 1130. The zero-order valence-electron chi connectivity index (χ0n) is 14.7. The molecule has 1 aromatic carbocycles. The SMILES string of the molecule is OC(c1ccccn1)c1nccn1Cc1ccc2c(c1)Nc1nccnc1S2. The summed E-state index contributed by atoms with van der Waals surface area (Å²) in [5.41, 5.74) is 2.67. The number of anilines is 2. The lowest BCUT2D eigenvalue weighted by Crippen LogP contribution is -2.12. The van der Waals surface area contributed by atoms with E-state index in [1.165, 1.54) is 0 Å². The third-order valence-corrected chi connectivity index (χ3v) is 5.55. The average molecular weight is 388 g/mol. The van der Waals surface area contributed by atoms with Crippen molar-refractivity contribution < 1.29 is 5.11 Å². The van der Waals surface area contributed by atoms with E-state index in [0.29, 0.717) is 18.1 Å². The number of aliphatic hydroxyl groups excluding tert-OH is 1. The Morgan fingerprint density at radius 2 is 1.93 bits per heavy atom. The van der Waals surface area contributed by atoms with E-state index in [1.807, 2.05) is 22.9 Å². The Labute approximate surface area is 165 Å². The lowest BCUT2D eigenvalue weighted by molar-refractivity contribution is 0.200. The molecule has 1 atom stereocenters. The summed E-state index contributed by atoms with van der Waals surface area (Å²) in [5, 5.41) is 14.9. The topological polar surface area (TPSA) is 88.8 Å². The van der Waals surface area contributed by atoms with Gasteiger partial charge in [0.1, 0.15) is 10.9 Å². The van der Waals surface area contributed by atoms with Gasteiger partial charge in [-0.15, -0.1) is 0 Å². The number of hydrogen-bond acceptors (Lipinski definition) is 7. The molecule has 4 aromatic rings. The summed E-state index contributed by atoms with van der Waals surface area (Å²) in [6.07, 6.45) is 7.73. The summed E-state index contributed by atoms with van der Waals surface area (Å²) in [6, 6.07) is 11.7. The van der Waals surface area contributed by atoms with Crippen LogP contribution >= 0.6 is 11.8 Å². The molecule has 8 heteroatoms. The Morgan fingerprint density at radius 1 is 1.00 bits per heavy atom. The van der Waals surface area contributed by atoms with Crippen LogP contribution in [0.1, 0.15) is 23.2 Å². The van der Waals surface area contributed by atoms with Gasteiger partial charge in [0.2, 0.25) is 0 Å². The summed E-state index contributed by atoms with van der Waals surface area (Å²) < 4.78 is 1.94. The summed E-state index contributed by atoms with van der Waals surface area (Å²) in [7, 11) is 0. The molecule has 1 unspecified atom stereocenters. The molecule has 4 heterocycles. The van der Waals surface area contributed by atoms with E-state index in [-0.39, 0.29) is 0 Å². The Hall–Kier alpha value is -3.23. The minimum Gasteiger partial charge on any atom is -0.379 e. The average Bonchev–Trinajstić information content (AvgIpc) is 3.20. The van der Waals surface area contributed by atoms with Crippen molar-refractivity contribution in [3.63, 3.8) is 0 Å². The number of hydrogen-bond donors (Lipinski definition) is 2. The number of aromatic nitrogens is 5. The van der Waals surface area contributed by atoms with Gasteiger partial charge in [-0.2, -0.15) is 0 Å². The molecule has 0 saturated heterocycles. The van der Waals surface area contributed by atoms with Crippen LogP contribution in [0.2, 0.25) is 0 Å². The van der Waals surface area contributed by atoms with E-state index in [4.69, 9.17) is 0 Å². The molecule has 0 bridgehead atoms. The van der Waals surface area contributed by atoms with E-state index in [0.717, 1.165) is 27.0 Å². The van der Waals surface area contributed by atoms with Crippen molar-refractivity contribution in [2.75, 3.05) is 5.32 Å². The van der Waals surface area contributed by atoms with E-state index in [2.05, 4.69) is 43.5 Å². The molecule has 5 rings (SSSR count). The molecule has 0 amide bonds. The van der Waals surface area contributed by atoms with Crippen LogP contribution in [0.3, 0.4) is 0 Å². The highest BCUT2D eigenvalue weighted by Crippen LogP contribution is 2.42. The number of nitrogens with zero attached hydrogens (tertiary/aromatic N) is 5. The number of aliphatic hydroxyl groups is 1. The number of fused-ring (bicyclic) bond motifs is 2. The zero-order valence-corrected chi connectivity index (χ0v) is 15.5. The number of benzene rings is 1. The first kappa shape index (κ1) is 16.9. The highest BCUT2D eigenvalue weighted by atomic mass is 32.2. The van der Waals surface area contributed by atoms with Gasteiger partial charge in [-0.25, -0.2) is 15.0 Å². The highest BCUT2D eigenvalue weighted by Gasteiger charge is 2.20. The first-order valence-electron chi connectivity index (χ1n) is 8.77. The van der Waals surface area contributed by atoms with Crippen molar-refractivity contribution in [3.05, 3.63) is 84.5 Å². The van der Waals surface area contributed by atoms with Crippen LogP contribution in [0.4, 0.5) is 11.5 Å². The Morgan fingerprint density at radius 3 is 2.82 bits per heavy atom. The molecule has 28 heavy (non-hydrogen) atoms. The third-order valence-electron chi connectivity index (χ3n) is 4.48. The maximum atomic E-state index is 10.7. The third kappa shape index (κ3) is 3.12. The normalized spacial score (nSPS) is 13.3. The molecule has 1 aliphatic heterocycles. The Kier molecular flexibility index (Phi) is 4.27. The molecule has 7 nitrogen and oxygen atoms in total. The number of pyridine rings is 1. The molecular weight excluding hydrogens is 372 g/mol. The van der Waals surface area contributed by atoms with Crippen LogP contribution in [-0.4, -0.2) is 29.6 Å². The van der Waals surface area contributed by atoms with Crippen LogP contribution in [-0.2, 0) is 6.54 Å². The minimum absolute atomic E-state index is 0.565. The van der Waals surface area contributed by atoms with E-state index in [9.17, 15) is 5.11 Å². The first-order chi connectivity index (χ1) is 13.8. The molecule has 0 spiro atoms. The molecule has 138 valence electrons. The largest absolute Gasteiger partial charge is 0.379 e. The fourth-order valence-corrected chi connectivity index (χ4v) is 4.03. The van der Waals surface area contributed by atoms with Crippen LogP contribution in [0.25, 0.3) is 0 Å². The van der Waals surface area contributed by atoms with Gasteiger partial charge in [-0.05, 0) is 29.8 Å². The highest BCUT2D eigenvalue weighted by molar-refractivity contribution is 7.99. The predicted molar refractivity (Wildman–Crippen MR) is 106 cm³/mol. The number of nitrogens with one attached hydrogen (secondary N) is 1. The molecule has 2 N–H and O–H groups in total. The molecule has 0 aliphatic carbocycles. The number of rotatable bonds is 4. The van der Waals surface area contributed by atoms with Gasteiger partial charge in [0.15, 0.2) is 11.9 Å². The zero-order chi connectivity index (χ0) is 18.9. The van der Waals surface area contributed by atoms with E-state index < -0.39 is 6.10 Å². The quantitative estimate of drug-likeness (QED) is 0.488. The summed E-state index contributed by atoms with van der Waals surface area (Å²) in [5.74, 6) is 1.33. The summed E-state index contributed by atoms with van der Waals surface area (Å²) in [6.45, 7) is 0.589. The van der Waals surface area contributed by atoms with Gasteiger partial charge in [-0.3, -0.25) is 4.98 Å². The molecule has 0 radical (unpaired) electrons. The van der Waals surface area contributed by atoms with Crippen LogP contribution in [0, 0.1) is 0 Å². The van der Waals surface area contributed by atoms with E-state index >= 15 is 0 Å². The van der Waals surface area contributed by atoms with Crippen molar-refractivity contribution in [1.82, 2.24) is 24.5 Å². The first-order valence-corrected chi connectivity index (χ1v) is 9.58. The van der Waals surface area contributed by atoms with Gasteiger partial charge in [0, 0.05) is 42.4 Å². The van der Waals surface area contributed by atoms with Crippen molar-refractivity contribution in [2.45, 2.75) is 22.6 Å². The maximum Gasteiger partial charge on any atom is 0.163 e. The van der Waals surface area contributed by atoms with E-state index in [1.54, 1.807) is 42.6 Å². The Balaban J connectivity index is 1.41. The van der Waals surface area contributed by atoms with Gasteiger partial charge in [0.05, 0.1) is 11.4 Å². The second kappa shape index (κ2) is 7.06. The van der Waals surface area contributed by atoms with Crippen molar-refractivity contribution >= 4 is 23.3 Å². The van der Waals surface area contributed by atoms with Crippen LogP contribution in [0.5, 0.6) is 0 Å². The number of imidazole rings is 1. The lowest BCUT2D eigenvalue weighted by atomic mass is 10.1. The molecule has 3 aromatic heterocycles. The van der Waals surface area contributed by atoms with Gasteiger partial charge in [-0.1, -0.05) is 23.9 Å². The molecule has 1 aliphatic rings. The predicted octanol–water partition coefficient (Wildman–Crippen LogP) is 3.41. The summed E-state index contributed by atoms with van der Waals surface area (Å²) in [4.78, 5) is 18.4. The van der Waals surface area contributed by atoms with Gasteiger partial charge in [0.25, 0.3) is 0 Å². The van der Waals surface area contributed by atoms with Gasteiger partial charge < -0.3 is 15.0 Å². The fraction of sp³-hybridized carbons (Fsp3) is 0.100. The monoisotopic (exact) mass is 388 g/mol. The second-order valence-electron chi connectivity index (χ2n) is 6.34. The smallest absolute Gasteiger partial charge is 0.163 e. The summed E-state index contributed by atoms with van der Waals surface area (Å²) >= 11 is 1.60. The van der Waals surface area contributed by atoms with Crippen LogP contribution in [0.15, 0.2) is 77.3 Å². The maximum absolute atomic E-state index is 10.7.